The van der Waals surface area contributed by atoms with Crippen molar-refractivity contribution in [1.82, 2.24) is 0 Å². The maximum atomic E-state index is 11.0. The van der Waals surface area contributed by atoms with E-state index in [-0.39, 0.29) is 21.2 Å². The van der Waals surface area contributed by atoms with Crippen LogP contribution in [-0.2, 0) is 10.1 Å². The highest BCUT2D eigenvalue weighted by Crippen LogP contribution is 2.22. The Labute approximate surface area is 146 Å². The van der Waals surface area contributed by atoms with E-state index in [0.717, 1.165) is 5.56 Å². The van der Waals surface area contributed by atoms with Gasteiger partial charge in [0.05, 0.1) is 11.6 Å². The molecule has 0 saturated carbocycles. The summed E-state index contributed by atoms with van der Waals surface area (Å²) in [5, 5.41) is 8.85. The molecule has 0 radical (unpaired) electrons. The summed E-state index contributed by atoms with van der Waals surface area (Å²) in [6, 6.07) is 16.8. The minimum atomic E-state index is -4.91. The first-order valence-corrected chi connectivity index (χ1v) is 10.2. The molecule has 2 aromatic rings. The van der Waals surface area contributed by atoms with Crippen molar-refractivity contribution in [2.75, 3.05) is 5.75 Å². The fraction of sp³-hybridized carbons (Fsp3) is 0.133. The lowest BCUT2D eigenvalue weighted by Gasteiger charge is -2.00. The second-order valence-corrected chi connectivity index (χ2v) is 9.04. The Morgan fingerprint density at radius 1 is 1.08 bits per heavy atom. The molecule has 2 aromatic carbocycles. The molecule has 1 N–H and O–H groups in total. The van der Waals surface area contributed by atoms with Crippen molar-refractivity contribution in [3.05, 3.63) is 55.2 Å². The average molecular weight is 468 g/mol. The molecule has 0 amide bonds. The largest absolute Gasteiger partial charge is 0.405 e. The van der Waals surface area contributed by atoms with Crippen molar-refractivity contribution in [1.29, 1.82) is 5.26 Å². The molecule has 1 aliphatic rings. The van der Waals surface area contributed by atoms with E-state index in [1.54, 1.807) is 0 Å². The molecule has 0 aromatic heterocycles. The van der Waals surface area contributed by atoms with Crippen LogP contribution in [0.25, 0.3) is 11.1 Å². The molecule has 126 valence electrons. The maximum Gasteiger partial charge on any atom is 0.405 e. The van der Waals surface area contributed by atoms with Crippen LogP contribution in [0.4, 0.5) is 13.2 Å². The lowest BCUT2D eigenvalue weighted by atomic mass is 10.0. The summed E-state index contributed by atoms with van der Waals surface area (Å²) in [5.41, 5.74) is 3.48. The van der Waals surface area contributed by atoms with Crippen LogP contribution in [0.1, 0.15) is 5.56 Å². The number of fused-ring (bicyclic) bond motifs is 3. The van der Waals surface area contributed by atoms with Gasteiger partial charge < -0.3 is 0 Å². The molecule has 1 aliphatic heterocycles. The van der Waals surface area contributed by atoms with Crippen LogP contribution in [-0.4, -0.2) is 24.9 Å². The van der Waals surface area contributed by atoms with Crippen LogP contribution < -0.4 is 21.2 Å². The fourth-order valence-electron chi connectivity index (χ4n) is 1.96. The summed E-state index contributed by atoms with van der Waals surface area (Å²) >= 11 is -0.0712. The van der Waals surface area contributed by atoms with Gasteiger partial charge in [-0.05, 0) is 24.3 Å². The van der Waals surface area contributed by atoms with E-state index in [9.17, 15) is 21.6 Å². The number of halogens is 4. The van der Waals surface area contributed by atoms with E-state index in [1.165, 1.54) is 18.3 Å². The first kappa shape index (κ1) is 18.7. The van der Waals surface area contributed by atoms with Gasteiger partial charge >= 0.3 is 27.4 Å². The summed E-state index contributed by atoms with van der Waals surface area (Å²) in [4.78, 5) is 0. The molecule has 4 nitrogen and oxygen atoms in total. The standard InChI is InChI=1S/C13H7IN.C2H3F3O3S/c15-8-9-5-6-11-10-3-1-2-4-12(10)14-13(11)7-9;3-2(4,5)1-9(6,7)8/h1-7H;1H2,(H,6,7,8)/q+1;. The Morgan fingerprint density at radius 2 is 1.71 bits per heavy atom. The smallest absolute Gasteiger partial charge is 0.285 e. The Bertz CT molecular complexity index is 905. The van der Waals surface area contributed by atoms with Gasteiger partial charge in [0.1, 0.15) is 0 Å². The van der Waals surface area contributed by atoms with Crippen molar-refractivity contribution in [3.8, 4) is 17.2 Å². The third-order valence-corrected chi connectivity index (χ3v) is 6.50. The van der Waals surface area contributed by atoms with Gasteiger partial charge in [-0.15, -0.1) is 0 Å². The monoisotopic (exact) mass is 468 g/mol. The van der Waals surface area contributed by atoms with Gasteiger partial charge in [0, 0.05) is 17.2 Å². The van der Waals surface area contributed by atoms with Crippen LogP contribution in [0, 0.1) is 18.5 Å². The number of nitriles is 1. The quantitative estimate of drug-likeness (QED) is 0.406. The summed E-state index contributed by atoms with van der Waals surface area (Å²) in [5.74, 6) is -2.18. The van der Waals surface area contributed by atoms with Crippen LogP contribution in [0.5, 0.6) is 0 Å². The molecule has 1 heterocycles. The number of rotatable bonds is 1. The molecule has 3 rings (SSSR count). The van der Waals surface area contributed by atoms with Crippen LogP contribution in [0.15, 0.2) is 42.5 Å². The molecular formula is C15H10F3INO3S+. The number of hydrogen-bond donors (Lipinski definition) is 1. The fourth-order valence-corrected chi connectivity index (χ4v) is 5.40. The molecule has 0 atom stereocenters. The molecule has 24 heavy (non-hydrogen) atoms. The lowest BCUT2D eigenvalue weighted by Crippen LogP contribution is -3.61. The SMILES string of the molecule is N#Cc1ccc2c(c1)[I+]c1ccccc1-2.O=S(=O)(O)CC(F)(F)F. The van der Waals surface area contributed by atoms with Crippen molar-refractivity contribution < 1.29 is 47.3 Å². The average Bonchev–Trinajstić information content (AvgIpc) is 2.81. The number of nitrogens with zero attached hydrogens (tertiary/aromatic N) is 1. The first-order chi connectivity index (χ1) is 11.1. The van der Waals surface area contributed by atoms with Crippen molar-refractivity contribution in [2.24, 2.45) is 0 Å². The van der Waals surface area contributed by atoms with Crippen molar-refractivity contribution in [2.45, 2.75) is 6.18 Å². The van der Waals surface area contributed by atoms with E-state index in [4.69, 9.17) is 9.81 Å². The third-order valence-electron chi connectivity index (χ3n) is 2.81. The Balaban J connectivity index is 0.000000202. The lowest BCUT2D eigenvalue weighted by molar-refractivity contribution is -0.589. The summed E-state index contributed by atoms with van der Waals surface area (Å²) < 4.78 is 62.5. The molecule has 0 unspecified atom stereocenters. The zero-order chi connectivity index (χ0) is 18.0. The topological polar surface area (TPSA) is 78.2 Å². The van der Waals surface area contributed by atoms with Crippen molar-refractivity contribution >= 4 is 10.1 Å². The van der Waals surface area contributed by atoms with E-state index < -0.39 is 22.0 Å². The molecular weight excluding hydrogens is 458 g/mol. The van der Waals surface area contributed by atoms with E-state index >= 15 is 0 Å². The van der Waals surface area contributed by atoms with Gasteiger partial charge in [0.25, 0.3) is 10.1 Å². The van der Waals surface area contributed by atoms with E-state index in [2.05, 4.69) is 36.4 Å². The molecule has 0 aliphatic carbocycles. The highest BCUT2D eigenvalue weighted by atomic mass is 127. The number of benzene rings is 2. The number of alkyl halides is 3. The zero-order valence-corrected chi connectivity index (χ0v) is 14.9. The van der Waals surface area contributed by atoms with Crippen LogP contribution in [0.2, 0.25) is 0 Å². The second kappa shape index (κ2) is 7.08. The highest BCUT2D eigenvalue weighted by molar-refractivity contribution is 7.85. The minimum Gasteiger partial charge on any atom is -0.285 e. The Hall–Kier alpha value is -1.64. The number of hydrogen-bond acceptors (Lipinski definition) is 3. The maximum absolute atomic E-state index is 11.0. The van der Waals surface area contributed by atoms with Gasteiger partial charge in [-0.2, -0.15) is 26.9 Å². The molecule has 0 spiro atoms. The van der Waals surface area contributed by atoms with Gasteiger partial charge in [-0.25, -0.2) is 0 Å². The minimum absolute atomic E-state index is 0.0712. The van der Waals surface area contributed by atoms with Gasteiger partial charge in [0.15, 0.2) is 5.75 Å². The van der Waals surface area contributed by atoms with E-state index in [0.29, 0.717) is 0 Å². The van der Waals surface area contributed by atoms with Gasteiger partial charge in [0.2, 0.25) is 7.14 Å². The predicted octanol–water partition coefficient (Wildman–Crippen LogP) is 0.104. The predicted molar refractivity (Wildman–Crippen MR) is 76.5 cm³/mol. The summed E-state index contributed by atoms with van der Waals surface area (Å²) in [6.07, 6.45) is -4.85. The Kier molecular flexibility index (Phi) is 5.52. The van der Waals surface area contributed by atoms with E-state index in [1.807, 2.05) is 12.1 Å². The van der Waals surface area contributed by atoms with Crippen LogP contribution >= 0.6 is 0 Å². The zero-order valence-electron chi connectivity index (χ0n) is 11.9. The molecule has 0 fully saturated rings. The van der Waals surface area contributed by atoms with Crippen LogP contribution in [0.3, 0.4) is 0 Å². The summed E-state index contributed by atoms with van der Waals surface area (Å²) in [7, 11) is -4.91. The summed E-state index contributed by atoms with van der Waals surface area (Å²) in [6.45, 7) is 0. The normalized spacial score (nSPS) is 12.5. The highest BCUT2D eigenvalue weighted by Gasteiger charge is 2.34. The first-order valence-electron chi connectivity index (χ1n) is 6.39. The molecule has 9 heteroatoms. The molecule has 0 bridgehead atoms. The van der Waals surface area contributed by atoms with Gasteiger partial charge in [-0.3, -0.25) is 4.55 Å². The molecule has 0 saturated heterocycles. The second-order valence-electron chi connectivity index (χ2n) is 4.72. The van der Waals surface area contributed by atoms with Crippen molar-refractivity contribution in [3.63, 3.8) is 0 Å². The third kappa shape index (κ3) is 5.19. The van der Waals surface area contributed by atoms with Gasteiger partial charge in [-0.1, -0.05) is 12.1 Å². The Morgan fingerprint density at radius 3 is 2.25 bits per heavy atom.